The van der Waals surface area contributed by atoms with E-state index < -0.39 is 0 Å². The molecule has 0 atom stereocenters. The van der Waals surface area contributed by atoms with Crippen LogP contribution in [-0.2, 0) is 0 Å². The van der Waals surface area contributed by atoms with Crippen LogP contribution in [0.1, 0.15) is 35.2 Å². The first-order valence-corrected chi connectivity index (χ1v) is 8.43. The van der Waals surface area contributed by atoms with Crippen molar-refractivity contribution in [3.8, 4) is 0 Å². The van der Waals surface area contributed by atoms with Crippen LogP contribution in [0.5, 0.6) is 0 Å². The molecule has 0 amide bonds. The van der Waals surface area contributed by atoms with Crippen LogP contribution in [0.2, 0.25) is 5.02 Å². The lowest BCUT2D eigenvalue weighted by Gasteiger charge is -2.28. The first-order valence-electron chi connectivity index (χ1n) is 8.05. The van der Waals surface area contributed by atoms with E-state index >= 15 is 0 Å². The third-order valence-corrected chi connectivity index (χ3v) is 4.42. The molecule has 118 valence electrons. The molecule has 1 aliphatic rings. The van der Waals surface area contributed by atoms with E-state index in [1.807, 2.05) is 42.5 Å². The summed E-state index contributed by atoms with van der Waals surface area (Å²) < 4.78 is 0. The average Bonchev–Trinajstić information content (AvgIpc) is 2.62. The Morgan fingerprint density at radius 1 is 0.913 bits per heavy atom. The van der Waals surface area contributed by atoms with Gasteiger partial charge in [-0.2, -0.15) is 0 Å². The normalized spacial score (nSPS) is 15.1. The van der Waals surface area contributed by atoms with Gasteiger partial charge >= 0.3 is 0 Å². The lowest BCUT2D eigenvalue weighted by atomic mass is 10.1. The van der Waals surface area contributed by atoms with Crippen molar-refractivity contribution in [3.05, 3.63) is 70.8 Å². The van der Waals surface area contributed by atoms with Crippen LogP contribution in [0.3, 0.4) is 0 Å². The highest BCUT2D eigenvalue weighted by atomic mass is 35.5. The van der Waals surface area contributed by atoms with Gasteiger partial charge < -0.3 is 4.90 Å². The number of halogens is 1. The summed E-state index contributed by atoms with van der Waals surface area (Å²) in [7, 11) is 0. The Balaban J connectivity index is 1.66. The Labute approximate surface area is 142 Å². The van der Waals surface area contributed by atoms with Crippen LogP contribution >= 0.6 is 11.6 Å². The Morgan fingerprint density at radius 3 is 2.22 bits per heavy atom. The molecule has 2 nitrogen and oxygen atoms in total. The fourth-order valence-corrected chi connectivity index (χ4v) is 2.96. The smallest absolute Gasteiger partial charge is 0.185 e. The molecule has 1 heterocycles. The van der Waals surface area contributed by atoms with Crippen molar-refractivity contribution in [1.29, 1.82) is 0 Å². The van der Waals surface area contributed by atoms with E-state index in [1.165, 1.54) is 24.9 Å². The molecule has 2 aromatic carbocycles. The number of nitrogens with zero attached hydrogens (tertiary/aromatic N) is 1. The van der Waals surface area contributed by atoms with Crippen LogP contribution in [-0.4, -0.2) is 18.9 Å². The highest BCUT2D eigenvalue weighted by Gasteiger charge is 2.11. The topological polar surface area (TPSA) is 20.3 Å². The molecule has 1 fully saturated rings. The largest absolute Gasteiger partial charge is 0.372 e. The van der Waals surface area contributed by atoms with E-state index in [1.54, 1.807) is 6.08 Å². The standard InChI is InChI=1S/C20H20ClNO/c21-18-9-4-16(5-10-18)6-13-20(23)17-7-11-19(12-8-17)22-14-2-1-3-15-22/h4-13H,1-3,14-15H2. The highest BCUT2D eigenvalue weighted by Crippen LogP contribution is 2.20. The third kappa shape index (κ3) is 4.23. The molecule has 1 aliphatic heterocycles. The van der Waals surface area contributed by atoms with Gasteiger partial charge in [0.25, 0.3) is 0 Å². The van der Waals surface area contributed by atoms with Gasteiger partial charge in [0.15, 0.2) is 5.78 Å². The van der Waals surface area contributed by atoms with Crippen molar-refractivity contribution in [2.24, 2.45) is 0 Å². The first-order chi connectivity index (χ1) is 11.2. The molecule has 1 saturated heterocycles. The molecule has 0 spiro atoms. The second kappa shape index (κ2) is 7.47. The zero-order chi connectivity index (χ0) is 16.1. The minimum atomic E-state index is 0.0187. The fourth-order valence-electron chi connectivity index (χ4n) is 2.83. The minimum Gasteiger partial charge on any atom is -0.372 e. The molecular formula is C20H20ClNO. The van der Waals surface area contributed by atoms with E-state index in [0.717, 1.165) is 24.2 Å². The summed E-state index contributed by atoms with van der Waals surface area (Å²) >= 11 is 5.85. The van der Waals surface area contributed by atoms with E-state index in [2.05, 4.69) is 17.0 Å². The monoisotopic (exact) mass is 325 g/mol. The van der Waals surface area contributed by atoms with Crippen LogP contribution in [0.25, 0.3) is 6.08 Å². The van der Waals surface area contributed by atoms with Crippen LogP contribution in [0.15, 0.2) is 54.6 Å². The maximum atomic E-state index is 12.2. The van der Waals surface area contributed by atoms with Gasteiger partial charge in [0, 0.05) is 29.4 Å². The maximum absolute atomic E-state index is 12.2. The number of rotatable bonds is 4. The predicted molar refractivity (Wildman–Crippen MR) is 97.3 cm³/mol. The number of allylic oxidation sites excluding steroid dienone is 1. The van der Waals surface area contributed by atoms with Gasteiger partial charge in [0.05, 0.1) is 0 Å². The third-order valence-electron chi connectivity index (χ3n) is 4.17. The van der Waals surface area contributed by atoms with Gasteiger partial charge in [-0.3, -0.25) is 4.79 Å². The summed E-state index contributed by atoms with van der Waals surface area (Å²) in [5, 5.41) is 0.696. The summed E-state index contributed by atoms with van der Waals surface area (Å²) in [6.45, 7) is 2.23. The SMILES string of the molecule is O=C(C=Cc1ccc(Cl)cc1)c1ccc(N2CCCCC2)cc1. The van der Waals surface area contributed by atoms with Crippen molar-refractivity contribution >= 4 is 29.1 Å². The van der Waals surface area contributed by atoms with Crippen molar-refractivity contribution in [2.75, 3.05) is 18.0 Å². The Morgan fingerprint density at radius 2 is 1.57 bits per heavy atom. The number of piperidine rings is 1. The molecule has 2 aromatic rings. The molecular weight excluding hydrogens is 306 g/mol. The molecule has 23 heavy (non-hydrogen) atoms. The molecule has 3 heteroatoms. The molecule has 0 aliphatic carbocycles. The van der Waals surface area contributed by atoms with E-state index in [-0.39, 0.29) is 5.78 Å². The number of carbonyl (C=O) groups excluding carboxylic acids is 1. The molecule has 3 rings (SSSR count). The number of benzene rings is 2. The van der Waals surface area contributed by atoms with Gasteiger partial charge in [-0.1, -0.05) is 29.8 Å². The van der Waals surface area contributed by atoms with Crippen LogP contribution < -0.4 is 4.90 Å². The summed E-state index contributed by atoms with van der Waals surface area (Å²) in [6, 6.07) is 15.4. The van der Waals surface area contributed by atoms with Gasteiger partial charge in [-0.05, 0) is 67.3 Å². The molecule has 0 aromatic heterocycles. The molecule has 0 radical (unpaired) electrons. The number of hydrogen-bond donors (Lipinski definition) is 0. The zero-order valence-electron chi connectivity index (χ0n) is 13.0. The molecule has 0 unspecified atom stereocenters. The minimum absolute atomic E-state index is 0.0187. The Bertz CT molecular complexity index is 683. The molecule has 0 saturated carbocycles. The number of anilines is 1. The van der Waals surface area contributed by atoms with E-state index in [4.69, 9.17) is 11.6 Å². The quantitative estimate of drug-likeness (QED) is 0.567. The van der Waals surface area contributed by atoms with Crippen molar-refractivity contribution in [2.45, 2.75) is 19.3 Å². The van der Waals surface area contributed by atoms with Gasteiger partial charge in [0.2, 0.25) is 0 Å². The van der Waals surface area contributed by atoms with Crippen LogP contribution in [0, 0.1) is 0 Å². The maximum Gasteiger partial charge on any atom is 0.185 e. The summed E-state index contributed by atoms with van der Waals surface area (Å²) in [6.07, 6.45) is 7.26. The lowest BCUT2D eigenvalue weighted by molar-refractivity contribution is 0.104. The summed E-state index contributed by atoms with van der Waals surface area (Å²) in [4.78, 5) is 14.6. The zero-order valence-corrected chi connectivity index (χ0v) is 13.8. The Kier molecular flexibility index (Phi) is 5.14. The Hall–Kier alpha value is -2.06. The fraction of sp³-hybridized carbons (Fsp3) is 0.250. The second-order valence-corrected chi connectivity index (χ2v) is 6.28. The van der Waals surface area contributed by atoms with Crippen molar-refractivity contribution in [3.63, 3.8) is 0 Å². The second-order valence-electron chi connectivity index (χ2n) is 5.84. The average molecular weight is 326 g/mol. The molecule has 0 N–H and O–H groups in total. The number of hydrogen-bond acceptors (Lipinski definition) is 2. The van der Waals surface area contributed by atoms with Gasteiger partial charge in [-0.15, -0.1) is 0 Å². The summed E-state index contributed by atoms with van der Waals surface area (Å²) in [5.41, 5.74) is 2.89. The van der Waals surface area contributed by atoms with Crippen LogP contribution in [0.4, 0.5) is 5.69 Å². The van der Waals surface area contributed by atoms with E-state index in [0.29, 0.717) is 5.02 Å². The van der Waals surface area contributed by atoms with Crippen molar-refractivity contribution in [1.82, 2.24) is 0 Å². The molecule has 0 bridgehead atoms. The van der Waals surface area contributed by atoms with Gasteiger partial charge in [0.1, 0.15) is 0 Å². The first kappa shape index (κ1) is 15.8. The van der Waals surface area contributed by atoms with E-state index in [9.17, 15) is 4.79 Å². The number of ketones is 1. The lowest BCUT2D eigenvalue weighted by Crippen LogP contribution is -2.29. The highest BCUT2D eigenvalue weighted by molar-refractivity contribution is 6.30. The predicted octanol–water partition coefficient (Wildman–Crippen LogP) is 5.23. The van der Waals surface area contributed by atoms with Gasteiger partial charge in [-0.25, -0.2) is 0 Å². The number of carbonyl (C=O) groups is 1. The van der Waals surface area contributed by atoms with Crippen molar-refractivity contribution < 1.29 is 4.79 Å². The summed E-state index contributed by atoms with van der Waals surface area (Å²) in [5.74, 6) is 0.0187.